The lowest BCUT2D eigenvalue weighted by Crippen LogP contribution is -2.49. The number of nitrogens with one attached hydrogen (secondary N) is 1. The van der Waals surface area contributed by atoms with Gasteiger partial charge in [0, 0.05) is 18.1 Å². The van der Waals surface area contributed by atoms with Gasteiger partial charge in [-0.05, 0) is 42.5 Å². The number of benzene rings is 2. The predicted molar refractivity (Wildman–Crippen MR) is 121 cm³/mol. The molecule has 2 aromatic rings. The van der Waals surface area contributed by atoms with Crippen LogP contribution in [0.4, 0.5) is 0 Å². The lowest BCUT2D eigenvalue weighted by atomic mass is 10.0. The molecule has 2 rings (SSSR count). The van der Waals surface area contributed by atoms with Crippen molar-refractivity contribution in [1.29, 1.82) is 0 Å². The number of hydrogen-bond acceptors (Lipinski definition) is 3. The van der Waals surface area contributed by atoms with Crippen molar-refractivity contribution in [3.05, 3.63) is 64.7 Å². The number of rotatable bonds is 10. The van der Waals surface area contributed by atoms with Crippen molar-refractivity contribution in [3.8, 4) is 5.75 Å². The van der Waals surface area contributed by atoms with Crippen LogP contribution in [-0.2, 0) is 16.1 Å². The third-order valence-corrected chi connectivity index (χ3v) is 5.28. The SMILES string of the molecule is CCCNC(=O)C(C)N(Cc1ccccc1Cl)C(=O)COc1ccccc1C(C)C. The first-order chi connectivity index (χ1) is 14.3. The first kappa shape index (κ1) is 23.7. The molecule has 0 saturated heterocycles. The maximum atomic E-state index is 13.1. The topological polar surface area (TPSA) is 58.6 Å². The van der Waals surface area contributed by atoms with Crippen LogP contribution in [0.2, 0.25) is 5.02 Å². The minimum atomic E-state index is -0.649. The van der Waals surface area contributed by atoms with Crippen LogP contribution in [-0.4, -0.2) is 35.9 Å². The molecule has 2 amide bonds. The van der Waals surface area contributed by atoms with Gasteiger partial charge in [-0.1, -0.05) is 68.8 Å². The summed E-state index contributed by atoms with van der Waals surface area (Å²) in [6, 6.07) is 14.4. The van der Waals surface area contributed by atoms with Gasteiger partial charge in [-0.25, -0.2) is 0 Å². The van der Waals surface area contributed by atoms with Gasteiger partial charge in [0.2, 0.25) is 5.91 Å². The summed E-state index contributed by atoms with van der Waals surface area (Å²) < 4.78 is 5.86. The van der Waals surface area contributed by atoms with Crippen LogP contribution in [0.15, 0.2) is 48.5 Å². The molecule has 0 saturated carbocycles. The van der Waals surface area contributed by atoms with Crippen molar-refractivity contribution in [2.24, 2.45) is 0 Å². The lowest BCUT2D eigenvalue weighted by Gasteiger charge is -2.29. The van der Waals surface area contributed by atoms with Gasteiger partial charge >= 0.3 is 0 Å². The van der Waals surface area contributed by atoms with Crippen molar-refractivity contribution in [1.82, 2.24) is 10.2 Å². The van der Waals surface area contributed by atoms with Crippen LogP contribution < -0.4 is 10.1 Å². The second-order valence-electron chi connectivity index (χ2n) is 7.56. The Balaban J connectivity index is 2.19. The van der Waals surface area contributed by atoms with E-state index in [-0.39, 0.29) is 30.9 Å². The van der Waals surface area contributed by atoms with E-state index in [0.717, 1.165) is 17.5 Å². The van der Waals surface area contributed by atoms with E-state index >= 15 is 0 Å². The van der Waals surface area contributed by atoms with Gasteiger partial charge in [0.1, 0.15) is 11.8 Å². The van der Waals surface area contributed by atoms with Gasteiger partial charge in [0.05, 0.1) is 0 Å². The molecule has 0 aliphatic heterocycles. The summed E-state index contributed by atoms with van der Waals surface area (Å²) >= 11 is 6.30. The van der Waals surface area contributed by atoms with Gasteiger partial charge in [0.25, 0.3) is 5.91 Å². The highest BCUT2D eigenvalue weighted by atomic mass is 35.5. The van der Waals surface area contributed by atoms with Gasteiger partial charge in [-0.3, -0.25) is 9.59 Å². The third kappa shape index (κ3) is 6.49. The number of ether oxygens (including phenoxy) is 1. The van der Waals surface area contributed by atoms with Crippen molar-refractivity contribution < 1.29 is 14.3 Å². The largest absolute Gasteiger partial charge is 0.483 e. The van der Waals surface area contributed by atoms with E-state index in [2.05, 4.69) is 19.2 Å². The van der Waals surface area contributed by atoms with Crippen molar-refractivity contribution in [2.45, 2.75) is 52.6 Å². The van der Waals surface area contributed by atoms with Crippen molar-refractivity contribution >= 4 is 23.4 Å². The zero-order valence-corrected chi connectivity index (χ0v) is 18.9. The van der Waals surface area contributed by atoms with E-state index in [1.807, 2.05) is 49.4 Å². The number of amides is 2. The molecule has 30 heavy (non-hydrogen) atoms. The fourth-order valence-electron chi connectivity index (χ4n) is 3.10. The van der Waals surface area contributed by atoms with Crippen LogP contribution in [0.3, 0.4) is 0 Å². The average Bonchev–Trinajstić information content (AvgIpc) is 2.74. The summed E-state index contributed by atoms with van der Waals surface area (Å²) in [6.07, 6.45) is 0.825. The maximum absolute atomic E-state index is 13.1. The Morgan fingerprint density at radius 1 is 1.07 bits per heavy atom. The molecule has 0 fully saturated rings. The highest BCUT2D eigenvalue weighted by Crippen LogP contribution is 2.26. The average molecular weight is 431 g/mol. The minimum absolute atomic E-state index is 0.153. The van der Waals surface area contributed by atoms with E-state index in [4.69, 9.17) is 16.3 Å². The molecular weight excluding hydrogens is 400 g/mol. The first-order valence-electron chi connectivity index (χ1n) is 10.4. The molecule has 0 spiro atoms. The molecule has 162 valence electrons. The monoisotopic (exact) mass is 430 g/mol. The molecule has 5 nitrogen and oxygen atoms in total. The van der Waals surface area contributed by atoms with Gasteiger partial charge < -0.3 is 15.0 Å². The molecule has 0 aliphatic carbocycles. The molecule has 1 N–H and O–H groups in total. The van der Waals surface area contributed by atoms with Crippen LogP contribution in [0, 0.1) is 0 Å². The highest BCUT2D eigenvalue weighted by Gasteiger charge is 2.27. The smallest absolute Gasteiger partial charge is 0.261 e. The molecule has 1 unspecified atom stereocenters. The Morgan fingerprint density at radius 3 is 2.40 bits per heavy atom. The predicted octanol–water partition coefficient (Wildman–Crippen LogP) is 4.79. The summed E-state index contributed by atoms with van der Waals surface area (Å²) in [7, 11) is 0. The summed E-state index contributed by atoms with van der Waals surface area (Å²) in [4.78, 5) is 27.2. The molecule has 0 radical (unpaired) electrons. The second kappa shape index (κ2) is 11.6. The Labute approximate surface area is 184 Å². The normalized spacial score (nSPS) is 11.8. The third-order valence-electron chi connectivity index (χ3n) is 4.91. The van der Waals surface area contributed by atoms with E-state index in [9.17, 15) is 9.59 Å². The number of halogens is 1. The number of carbonyl (C=O) groups excluding carboxylic acids is 2. The van der Waals surface area contributed by atoms with Gasteiger partial charge in [0.15, 0.2) is 6.61 Å². The number of nitrogens with zero attached hydrogens (tertiary/aromatic N) is 1. The Kier molecular flexibility index (Phi) is 9.18. The summed E-state index contributed by atoms with van der Waals surface area (Å²) in [5.74, 6) is 0.489. The first-order valence-corrected chi connectivity index (χ1v) is 10.7. The standard InChI is InChI=1S/C24H31ClN2O3/c1-5-14-26-24(29)18(4)27(15-19-10-6-8-12-21(19)25)23(28)16-30-22-13-9-7-11-20(22)17(2)3/h6-13,17-18H,5,14-16H2,1-4H3,(H,26,29). The van der Waals surface area contributed by atoms with Crippen molar-refractivity contribution in [2.75, 3.05) is 13.2 Å². The number of hydrogen-bond donors (Lipinski definition) is 1. The van der Waals surface area contributed by atoms with E-state index < -0.39 is 6.04 Å². The lowest BCUT2D eigenvalue weighted by molar-refractivity contribution is -0.142. The fourth-order valence-corrected chi connectivity index (χ4v) is 3.30. The van der Waals surface area contributed by atoms with E-state index in [1.54, 1.807) is 13.0 Å². The Morgan fingerprint density at radius 2 is 1.73 bits per heavy atom. The Bertz CT molecular complexity index is 854. The van der Waals surface area contributed by atoms with E-state index in [1.165, 1.54) is 4.90 Å². The second-order valence-corrected chi connectivity index (χ2v) is 7.97. The zero-order chi connectivity index (χ0) is 22.1. The quantitative estimate of drug-likeness (QED) is 0.589. The molecule has 0 bridgehead atoms. The van der Waals surface area contributed by atoms with Crippen LogP contribution in [0.1, 0.15) is 51.2 Å². The van der Waals surface area contributed by atoms with Gasteiger partial charge in [-0.2, -0.15) is 0 Å². The van der Waals surface area contributed by atoms with Gasteiger partial charge in [-0.15, -0.1) is 0 Å². The molecule has 6 heteroatoms. The Hall–Kier alpha value is -2.53. The summed E-state index contributed by atoms with van der Waals surface area (Å²) in [5, 5.41) is 3.42. The molecule has 0 heterocycles. The number of para-hydroxylation sites is 1. The van der Waals surface area contributed by atoms with E-state index in [0.29, 0.717) is 17.3 Å². The molecule has 1 atom stereocenters. The highest BCUT2D eigenvalue weighted by molar-refractivity contribution is 6.31. The molecule has 0 aliphatic rings. The maximum Gasteiger partial charge on any atom is 0.261 e. The van der Waals surface area contributed by atoms with Crippen LogP contribution >= 0.6 is 11.6 Å². The van der Waals surface area contributed by atoms with Crippen LogP contribution in [0.25, 0.3) is 0 Å². The molecule has 0 aromatic heterocycles. The minimum Gasteiger partial charge on any atom is -0.483 e. The fraction of sp³-hybridized carbons (Fsp3) is 0.417. The molecular formula is C24H31ClN2O3. The summed E-state index contributed by atoms with van der Waals surface area (Å²) in [6.45, 7) is 8.50. The molecule has 2 aromatic carbocycles. The number of carbonyl (C=O) groups is 2. The summed E-state index contributed by atoms with van der Waals surface area (Å²) in [5.41, 5.74) is 1.82. The zero-order valence-electron chi connectivity index (χ0n) is 18.2. The van der Waals surface area contributed by atoms with Crippen LogP contribution in [0.5, 0.6) is 5.75 Å². The van der Waals surface area contributed by atoms with Crippen molar-refractivity contribution in [3.63, 3.8) is 0 Å².